The minimum Gasteiger partial charge on any atom is -0.380 e. The van der Waals surface area contributed by atoms with E-state index in [0.717, 1.165) is 6.61 Å². The Bertz CT molecular complexity index is 178. The van der Waals surface area contributed by atoms with Crippen molar-refractivity contribution in [2.45, 2.75) is 38.8 Å². The molecule has 0 aromatic rings. The summed E-state index contributed by atoms with van der Waals surface area (Å²) >= 11 is 0. The summed E-state index contributed by atoms with van der Waals surface area (Å²) in [6, 6.07) is 0.717. The topological polar surface area (TPSA) is 59.6 Å². The first kappa shape index (κ1) is 10.3. The Morgan fingerprint density at radius 3 is 2.92 bits per heavy atom. The molecule has 0 radical (unpaired) electrons. The van der Waals surface area contributed by atoms with E-state index in [1.165, 1.54) is 12.8 Å². The van der Waals surface area contributed by atoms with Crippen LogP contribution in [0.3, 0.4) is 0 Å². The predicted molar refractivity (Wildman–Crippen MR) is 53.7 cm³/mol. The van der Waals surface area contributed by atoms with Crippen LogP contribution in [0.4, 0.5) is 0 Å². The fourth-order valence-electron chi connectivity index (χ4n) is 1.03. The van der Waals surface area contributed by atoms with Gasteiger partial charge in [0.05, 0.1) is 12.6 Å². The van der Waals surface area contributed by atoms with Crippen LogP contribution in [0.25, 0.3) is 0 Å². The molecule has 0 heterocycles. The van der Waals surface area contributed by atoms with E-state index in [1.807, 2.05) is 13.8 Å². The van der Waals surface area contributed by atoms with Gasteiger partial charge in [-0.3, -0.25) is 4.99 Å². The summed E-state index contributed by atoms with van der Waals surface area (Å²) in [7, 11) is 0. The summed E-state index contributed by atoms with van der Waals surface area (Å²) in [6.07, 6.45) is 2.37. The van der Waals surface area contributed by atoms with Crippen molar-refractivity contribution >= 4 is 5.96 Å². The summed E-state index contributed by atoms with van der Waals surface area (Å²) in [6.45, 7) is 5.43. The van der Waals surface area contributed by atoms with Crippen LogP contribution in [-0.2, 0) is 4.74 Å². The molecule has 1 atom stereocenters. The average molecular weight is 185 g/mol. The van der Waals surface area contributed by atoms with Crippen LogP contribution in [0.5, 0.6) is 0 Å². The fourth-order valence-corrected chi connectivity index (χ4v) is 1.03. The molecule has 13 heavy (non-hydrogen) atoms. The second-order valence-corrected chi connectivity index (χ2v) is 3.45. The quantitative estimate of drug-likeness (QED) is 0.484. The van der Waals surface area contributed by atoms with E-state index in [-0.39, 0.29) is 6.04 Å². The lowest BCUT2D eigenvalue weighted by Crippen LogP contribution is -2.41. The van der Waals surface area contributed by atoms with Crippen LogP contribution in [0.1, 0.15) is 26.7 Å². The number of hydrogen-bond donors (Lipinski definition) is 2. The highest BCUT2D eigenvalue weighted by molar-refractivity contribution is 5.78. The SMILES string of the molecule is CCOCC(C)NC(N)=NC1CC1. The van der Waals surface area contributed by atoms with Crippen LogP contribution in [0.2, 0.25) is 0 Å². The van der Waals surface area contributed by atoms with E-state index < -0.39 is 0 Å². The van der Waals surface area contributed by atoms with E-state index in [2.05, 4.69) is 10.3 Å². The molecule has 1 fully saturated rings. The molecule has 4 nitrogen and oxygen atoms in total. The van der Waals surface area contributed by atoms with Crippen molar-refractivity contribution < 1.29 is 4.74 Å². The van der Waals surface area contributed by atoms with Gasteiger partial charge in [0.1, 0.15) is 0 Å². The molecule has 0 aliphatic heterocycles. The monoisotopic (exact) mass is 185 g/mol. The number of ether oxygens (including phenoxy) is 1. The van der Waals surface area contributed by atoms with E-state index >= 15 is 0 Å². The van der Waals surface area contributed by atoms with Crippen molar-refractivity contribution in [2.24, 2.45) is 10.7 Å². The summed E-state index contributed by atoms with van der Waals surface area (Å²) in [5, 5.41) is 3.09. The molecule has 3 N–H and O–H groups in total. The third-order valence-electron chi connectivity index (χ3n) is 1.83. The molecule has 0 amide bonds. The van der Waals surface area contributed by atoms with Gasteiger partial charge in [0.15, 0.2) is 5.96 Å². The van der Waals surface area contributed by atoms with E-state index in [4.69, 9.17) is 10.5 Å². The lowest BCUT2D eigenvalue weighted by molar-refractivity contribution is 0.132. The molecule has 4 heteroatoms. The standard InChI is InChI=1S/C9H19N3O/c1-3-13-6-7(2)11-9(10)12-8-4-5-8/h7-8H,3-6H2,1-2H3,(H3,10,11,12). The third kappa shape index (κ3) is 4.72. The molecule has 1 saturated carbocycles. The highest BCUT2D eigenvalue weighted by Crippen LogP contribution is 2.22. The van der Waals surface area contributed by atoms with Crippen LogP contribution in [-0.4, -0.2) is 31.3 Å². The van der Waals surface area contributed by atoms with Crippen molar-refractivity contribution in [1.82, 2.24) is 5.32 Å². The van der Waals surface area contributed by atoms with Gasteiger partial charge in [0, 0.05) is 12.6 Å². The number of rotatable bonds is 5. The molecule has 1 rings (SSSR count). The molecule has 0 spiro atoms. The van der Waals surface area contributed by atoms with Crippen LogP contribution < -0.4 is 11.1 Å². The molecule has 0 saturated heterocycles. The van der Waals surface area contributed by atoms with E-state index in [9.17, 15) is 0 Å². The normalized spacial score (nSPS) is 20.0. The Balaban J connectivity index is 2.13. The minimum absolute atomic E-state index is 0.238. The number of hydrogen-bond acceptors (Lipinski definition) is 2. The van der Waals surface area contributed by atoms with E-state index in [1.54, 1.807) is 0 Å². The third-order valence-corrected chi connectivity index (χ3v) is 1.83. The summed E-state index contributed by atoms with van der Waals surface area (Å²) in [5.41, 5.74) is 5.67. The Morgan fingerprint density at radius 1 is 1.69 bits per heavy atom. The van der Waals surface area contributed by atoms with Crippen molar-refractivity contribution in [1.29, 1.82) is 0 Å². The van der Waals surface area contributed by atoms with Gasteiger partial charge in [0.25, 0.3) is 0 Å². The molecular formula is C9H19N3O. The lowest BCUT2D eigenvalue weighted by Gasteiger charge is -2.13. The van der Waals surface area contributed by atoms with Gasteiger partial charge in [-0.1, -0.05) is 0 Å². The first-order valence-electron chi connectivity index (χ1n) is 4.90. The second-order valence-electron chi connectivity index (χ2n) is 3.45. The number of nitrogens with zero attached hydrogens (tertiary/aromatic N) is 1. The molecule has 1 aliphatic rings. The number of guanidine groups is 1. The van der Waals surface area contributed by atoms with Crippen molar-refractivity contribution in [3.05, 3.63) is 0 Å². The maximum Gasteiger partial charge on any atom is 0.189 e. The maximum atomic E-state index is 5.67. The Hall–Kier alpha value is -0.770. The van der Waals surface area contributed by atoms with Crippen molar-refractivity contribution in [3.63, 3.8) is 0 Å². The highest BCUT2D eigenvalue weighted by Gasteiger charge is 2.20. The zero-order valence-electron chi connectivity index (χ0n) is 8.42. The fraction of sp³-hybridized carbons (Fsp3) is 0.889. The molecule has 0 bridgehead atoms. The van der Waals surface area contributed by atoms with Gasteiger partial charge < -0.3 is 15.8 Å². The van der Waals surface area contributed by atoms with Crippen LogP contribution in [0.15, 0.2) is 4.99 Å². The Labute approximate surface area is 79.6 Å². The van der Waals surface area contributed by atoms with Gasteiger partial charge >= 0.3 is 0 Å². The number of nitrogens with two attached hydrogens (primary N) is 1. The second kappa shape index (κ2) is 5.07. The summed E-state index contributed by atoms with van der Waals surface area (Å²) in [4.78, 5) is 4.26. The number of aliphatic imine (C=N–C) groups is 1. The zero-order chi connectivity index (χ0) is 9.68. The Kier molecular flexibility index (Phi) is 4.02. The van der Waals surface area contributed by atoms with Crippen LogP contribution >= 0.6 is 0 Å². The first-order valence-corrected chi connectivity index (χ1v) is 4.90. The predicted octanol–water partition coefficient (Wildman–Crippen LogP) is 0.478. The molecule has 0 aromatic heterocycles. The molecule has 1 unspecified atom stereocenters. The molecule has 76 valence electrons. The smallest absolute Gasteiger partial charge is 0.189 e. The maximum absolute atomic E-state index is 5.67. The van der Waals surface area contributed by atoms with Crippen molar-refractivity contribution in [3.8, 4) is 0 Å². The summed E-state index contributed by atoms with van der Waals surface area (Å²) < 4.78 is 5.24. The zero-order valence-corrected chi connectivity index (χ0v) is 8.42. The van der Waals surface area contributed by atoms with Crippen LogP contribution in [0, 0.1) is 0 Å². The molecular weight excluding hydrogens is 166 g/mol. The van der Waals surface area contributed by atoms with Gasteiger partial charge in [-0.2, -0.15) is 0 Å². The number of nitrogens with one attached hydrogen (secondary N) is 1. The van der Waals surface area contributed by atoms with Gasteiger partial charge in [0.2, 0.25) is 0 Å². The Morgan fingerprint density at radius 2 is 2.38 bits per heavy atom. The van der Waals surface area contributed by atoms with Gasteiger partial charge in [-0.25, -0.2) is 0 Å². The lowest BCUT2D eigenvalue weighted by atomic mass is 10.4. The minimum atomic E-state index is 0.238. The molecule has 0 aromatic carbocycles. The van der Waals surface area contributed by atoms with E-state index in [0.29, 0.717) is 18.6 Å². The molecule has 1 aliphatic carbocycles. The van der Waals surface area contributed by atoms with Gasteiger partial charge in [-0.05, 0) is 26.7 Å². The first-order chi connectivity index (χ1) is 6.22. The highest BCUT2D eigenvalue weighted by atomic mass is 16.5. The van der Waals surface area contributed by atoms with Crippen molar-refractivity contribution in [2.75, 3.05) is 13.2 Å². The van der Waals surface area contributed by atoms with Gasteiger partial charge in [-0.15, -0.1) is 0 Å². The largest absolute Gasteiger partial charge is 0.380 e. The summed E-state index contributed by atoms with van der Waals surface area (Å²) in [5.74, 6) is 0.551. The average Bonchev–Trinajstić information content (AvgIpc) is 2.84.